The van der Waals surface area contributed by atoms with Crippen LogP contribution < -0.4 is 5.32 Å². The molecule has 4 nitrogen and oxygen atoms in total. The van der Waals surface area contributed by atoms with Crippen molar-refractivity contribution in [3.63, 3.8) is 0 Å². The summed E-state index contributed by atoms with van der Waals surface area (Å²) < 4.78 is 5.11. The van der Waals surface area contributed by atoms with Crippen molar-refractivity contribution in [2.24, 2.45) is 0 Å². The molecule has 0 saturated heterocycles. The smallest absolute Gasteiger partial charge is 0.308 e. The molecule has 0 radical (unpaired) electrons. The minimum Gasteiger partial charge on any atom is -0.466 e. The summed E-state index contributed by atoms with van der Waals surface area (Å²) >= 11 is 0. The maximum atomic E-state index is 11.9. The molecule has 1 aromatic heterocycles. The summed E-state index contributed by atoms with van der Waals surface area (Å²) in [5.74, 6) is -0.158. The number of aromatic nitrogens is 1. The average molecular weight is 309 g/mol. The zero-order valence-electron chi connectivity index (χ0n) is 12.4. The fraction of sp³-hybridized carbons (Fsp3) is 0.438. The molecule has 5 heteroatoms. The maximum absolute atomic E-state index is 11.9. The number of nitrogens with one attached hydrogen (secondary N) is 2. The van der Waals surface area contributed by atoms with Crippen LogP contribution in [-0.2, 0) is 21.5 Å². The molecule has 3 rings (SSSR count). The van der Waals surface area contributed by atoms with Crippen LogP contribution in [0.1, 0.15) is 31.5 Å². The molecule has 114 valence electrons. The first-order valence-electron chi connectivity index (χ1n) is 7.15. The number of para-hydroxylation sites is 1. The van der Waals surface area contributed by atoms with Crippen molar-refractivity contribution in [2.45, 2.75) is 32.2 Å². The lowest BCUT2D eigenvalue weighted by Crippen LogP contribution is -2.46. The van der Waals surface area contributed by atoms with Crippen molar-refractivity contribution in [2.75, 3.05) is 13.2 Å². The summed E-state index contributed by atoms with van der Waals surface area (Å²) in [6.07, 6.45) is 1.33. The number of halogens is 1. The van der Waals surface area contributed by atoms with E-state index in [1.807, 2.05) is 13.0 Å². The van der Waals surface area contributed by atoms with Crippen molar-refractivity contribution >= 4 is 29.3 Å². The molecule has 0 spiro atoms. The fourth-order valence-electron chi connectivity index (χ4n) is 3.13. The topological polar surface area (TPSA) is 54.1 Å². The van der Waals surface area contributed by atoms with E-state index in [0.717, 1.165) is 24.2 Å². The first-order chi connectivity index (χ1) is 9.64. The highest BCUT2D eigenvalue weighted by Gasteiger charge is 2.36. The van der Waals surface area contributed by atoms with E-state index in [1.165, 1.54) is 10.9 Å². The van der Waals surface area contributed by atoms with Gasteiger partial charge in [0.2, 0.25) is 0 Å². The summed E-state index contributed by atoms with van der Waals surface area (Å²) in [5.41, 5.74) is 3.21. The van der Waals surface area contributed by atoms with Gasteiger partial charge in [-0.2, -0.15) is 0 Å². The van der Waals surface area contributed by atoms with Gasteiger partial charge in [0, 0.05) is 23.1 Å². The molecule has 0 saturated carbocycles. The van der Waals surface area contributed by atoms with E-state index in [4.69, 9.17) is 4.74 Å². The van der Waals surface area contributed by atoms with Gasteiger partial charge in [0.1, 0.15) is 0 Å². The van der Waals surface area contributed by atoms with Gasteiger partial charge in [-0.05, 0) is 31.9 Å². The predicted octanol–water partition coefficient (Wildman–Crippen LogP) is 2.90. The Labute approximate surface area is 130 Å². The number of H-pyrrole nitrogens is 1. The fourth-order valence-corrected chi connectivity index (χ4v) is 3.13. The monoisotopic (exact) mass is 308 g/mol. The van der Waals surface area contributed by atoms with E-state index >= 15 is 0 Å². The van der Waals surface area contributed by atoms with Crippen LogP contribution in [-0.4, -0.2) is 24.1 Å². The molecule has 0 aliphatic carbocycles. The van der Waals surface area contributed by atoms with Crippen molar-refractivity contribution in [3.8, 4) is 0 Å². The number of aromatic amines is 1. The first-order valence-corrected chi connectivity index (χ1v) is 7.15. The van der Waals surface area contributed by atoms with Crippen LogP contribution in [0.15, 0.2) is 24.3 Å². The lowest BCUT2D eigenvalue weighted by atomic mass is 9.86. The molecule has 0 fully saturated rings. The van der Waals surface area contributed by atoms with Gasteiger partial charge in [-0.25, -0.2) is 0 Å². The van der Waals surface area contributed by atoms with Gasteiger partial charge in [-0.1, -0.05) is 18.2 Å². The zero-order chi connectivity index (χ0) is 14.2. The summed E-state index contributed by atoms with van der Waals surface area (Å²) in [4.78, 5) is 15.3. The highest BCUT2D eigenvalue weighted by atomic mass is 35.5. The minimum atomic E-state index is -0.376. The lowest BCUT2D eigenvalue weighted by molar-refractivity contribution is -0.145. The third-order valence-electron chi connectivity index (χ3n) is 4.06. The number of benzene rings is 1. The van der Waals surface area contributed by atoms with E-state index in [9.17, 15) is 4.79 Å². The van der Waals surface area contributed by atoms with E-state index in [0.29, 0.717) is 13.0 Å². The van der Waals surface area contributed by atoms with Crippen molar-refractivity contribution < 1.29 is 9.53 Å². The second-order valence-corrected chi connectivity index (χ2v) is 5.51. The van der Waals surface area contributed by atoms with Crippen LogP contribution in [0.3, 0.4) is 0 Å². The molecule has 1 aromatic carbocycles. The molecular formula is C16H21ClN2O2. The van der Waals surface area contributed by atoms with Crippen LogP contribution in [0.2, 0.25) is 0 Å². The van der Waals surface area contributed by atoms with Crippen LogP contribution in [0.25, 0.3) is 10.9 Å². The Kier molecular flexibility index (Phi) is 4.59. The third kappa shape index (κ3) is 2.78. The molecule has 0 bridgehead atoms. The van der Waals surface area contributed by atoms with Gasteiger partial charge in [0.05, 0.1) is 18.6 Å². The second kappa shape index (κ2) is 6.08. The van der Waals surface area contributed by atoms with Crippen LogP contribution >= 0.6 is 12.4 Å². The number of carbonyl (C=O) groups is 1. The van der Waals surface area contributed by atoms with Gasteiger partial charge in [-0.15, -0.1) is 12.4 Å². The zero-order valence-corrected chi connectivity index (χ0v) is 13.2. The molecule has 2 N–H and O–H groups in total. The van der Waals surface area contributed by atoms with Crippen LogP contribution in [0, 0.1) is 0 Å². The number of fused-ring (bicyclic) bond motifs is 3. The molecule has 1 aliphatic rings. The summed E-state index contributed by atoms with van der Waals surface area (Å²) in [6, 6.07) is 8.31. The minimum absolute atomic E-state index is 0. The average Bonchev–Trinajstić information content (AvgIpc) is 2.79. The number of carbonyl (C=O) groups excluding carboxylic acids is 1. The Morgan fingerprint density at radius 1 is 1.38 bits per heavy atom. The van der Waals surface area contributed by atoms with Crippen molar-refractivity contribution in [3.05, 3.63) is 35.5 Å². The standard InChI is InChI=1S/C16H20N2O2.ClH/c1-3-20-14(19)10-16(2)15-12(8-9-17-16)11-6-4-5-7-13(11)18-15;/h4-7,17-18H,3,8-10H2,1-2H3;1H. The summed E-state index contributed by atoms with van der Waals surface area (Å²) in [6.45, 7) is 5.21. The predicted molar refractivity (Wildman–Crippen MR) is 85.9 cm³/mol. The van der Waals surface area contributed by atoms with E-state index < -0.39 is 0 Å². The number of hydrogen-bond acceptors (Lipinski definition) is 3. The number of rotatable bonds is 3. The Bertz CT molecular complexity index is 653. The quantitative estimate of drug-likeness (QED) is 0.857. The van der Waals surface area contributed by atoms with Crippen LogP contribution in [0.5, 0.6) is 0 Å². The molecule has 21 heavy (non-hydrogen) atoms. The maximum Gasteiger partial charge on any atom is 0.308 e. The molecule has 2 heterocycles. The Morgan fingerprint density at radius 2 is 2.14 bits per heavy atom. The first kappa shape index (κ1) is 15.9. The summed E-state index contributed by atoms with van der Waals surface area (Å²) in [5, 5.41) is 4.73. The van der Waals surface area contributed by atoms with Gasteiger partial charge in [-0.3, -0.25) is 4.79 Å². The van der Waals surface area contributed by atoms with Crippen molar-refractivity contribution in [1.29, 1.82) is 0 Å². The largest absolute Gasteiger partial charge is 0.466 e. The molecule has 1 unspecified atom stereocenters. The molecule has 2 aromatic rings. The summed E-state index contributed by atoms with van der Waals surface area (Å²) in [7, 11) is 0. The SMILES string of the molecule is CCOC(=O)CC1(C)NCCc2c1[nH]c1ccccc21.Cl. The molecule has 0 amide bonds. The van der Waals surface area contributed by atoms with Gasteiger partial charge >= 0.3 is 5.97 Å². The Balaban J connectivity index is 0.00000161. The third-order valence-corrected chi connectivity index (χ3v) is 4.06. The van der Waals surface area contributed by atoms with Gasteiger partial charge < -0.3 is 15.0 Å². The Morgan fingerprint density at radius 3 is 2.90 bits per heavy atom. The number of esters is 1. The van der Waals surface area contributed by atoms with Crippen LogP contribution in [0.4, 0.5) is 0 Å². The molecular weight excluding hydrogens is 288 g/mol. The normalized spacial score (nSPS) is 20.7. The molecule has 1 aliphatic heterocycles. The number of hydrogen-bond donors (Lipinski definition) is 2. The highest BCUT2D eigenvalue weighted by Crippen LogP contribution is 2.35. The highest BCUT2D eigenvalue weighted by molar-refractivity contribution is 5.86. The van der Waals surface area contributed by atoms with E-state index in [1.54, 1.807) is 0 Å². The van der Waals surface area contributed by atoms with Crippen molar-refractivity contribution in [1.82, 2.24) is 10.3 Å². The second-order valence-electron chi connectivity index (χ2n) is 5.51. The van der Waals surface area contributed by atoms with E-state index in [-0.39, 0.29) is 23.9 Å². The Hall–Kier alpha value is -1.52. The van der Waals surface area contributed by atoms with Gasteiger partial charge in [0.25, 0.3) is 0 Å². The van der Waals surface area contributed by atoms with E-state index in [2.05, 4.69) is 35.4 Å². The number of ether oxygens (including phenoxy) is 1. The van der Waals surface area contributed by atoms with Gasteiger partial charge in [0.15, 0.2) is 0 Å². The lowest BCUT2D eigenvalue weighted by Gasteiger charge is -2.34. The molecule has 1 atom stereocenters.